The molecule has 2 rings (SSSR count). The Kier molecular flexibility index (Phi) is 1.36. The summed E-state index contributed by atoms with van der Waals surface area (Å²) in [7, 11) is 0. The summed E-state index contributed by atoms with van der Waals surface area (Å²) < 4.78 is 5.53. The molecule has 0 aliphatic carbocycles. The number of aliphatic hydroxyl groups is 2. The standard InChI is InChI=1S/C8H12O3/c9-5-7-1-2-8(6-10,11-7)4-3-7/h1-2,9-10H,3-6H2. The van der Waals surface area contributed by atoms with Gasteiger partial charge in [0.05, 0.1) is 13.2 Å². The van der Waals surface area contributed by atoms with Crippen molar-refractivity contribution in [1.29, 1.82) is 0 Å². The Labute approximate surface area is 65.3 Å². The first kappa shape index (κ1) is 7.28. The van der Waals surface area contributed by atoms with Crippen molar-refractivity contribution in [2.24, 2.45) is 0 Å². The zero-order valence-electron chi connectivity index (χ0n) is 6.29. The predicted molar refractivity (Wildman–Crippen MR) is 39.1 cm³/mol. The van der Waals surface area contributed by atoms with Gasteiger partial charge in [0.15, 0.2) is 0 Å². The maximum atomic E-state index is 9.00. The highest BCUT2D eigenvalue weighted by Crippen LogP contribution is 2.44. The summed E-state index contributed by atoms with van der Waals surface area (Å²) >= 11 is 0. The Balaban J connectivity index is 2.23. The topological polar surface area (TPSA) is 49.7 Å². The molecule has 11 heavy (non-hydrogen) atoms. The van der Waals surface area contributed by atoms with E-state index >= 15 is 0 Å². The van der Waals surface area contributed by atoms with Crippen molar-refractivity contribution in [3.05, 3.63) is 12.2 Å². The lowest BCUT2D eigenvalue weighted by Crippen LogP contribution is -2.31. The van der Waals surface area contributed by atoms with Crippen molar-refractivity contribution < 1.29 is 14.9 Å². The van der Waals surface area contributed by atoms with Gasteiger partial charge in [0.2, 0.25) is 0 Å². The summed E-state index contributed by atoms with van der Waals surface area (Å²) in [6, 6.07) is 0. The van der Waals surface area contributed by atoms with Crippen LogP contribution in [0.25, 0.3) is 0 Å². The van der Waals surface area contributed by atoms with E-state index < -0.39 is 11.2 Å². The second kappa shape index (κ2) is 2.06. The molecule has 2 atom stereocenters. The molecule has 2 N–H and O–H groups in total. The molecule has 3 nitrogen and oxygen atoms in total. The molecule has 2 unspecified atom stereocenters. The fourth-order valence-corrected chi connectivity index (χ4v) is 1.80. The third-order valence-electron chi connectivity index (χ3n) is 2.60. The van der Waals surface area contributed by atoms with Crippen LogP contribution in [0.3, 0.4) is 0 Å². The number of hydrogen-bond donors (Lipinski definition) is 2. The molecule has 0 amide bonds. The number of rotatable bonds is 2. The molecule has 2 aliphatic rings. The van der Waals surface area contributed by atoms with Gasteiger partial charge in [0.25, 0.3) is 0 Å². The Morgan fingerprint density at radius 1 is 1.09 bits per heavy atom. The minimum atomic E-state index is -0.470. The fourth-order valence-electron chi connectivity index (χ4n) is 1.80. The molecule has 2 heterocycles. The van der Waals surface area contributed by atoms with Crippen LogP contribution in [0.4, 0.5) is 0 Å². The van der Waals surface area contributed by atoms with Crippen molar-refractivity contribution in [3.63, 3.8) is 0 Å². The monoisotopic (exact) mass is 156 g/mol. The third kappa shape index (κ3) is 0.851. The molecule has 62 valence electrons. The first-order valence-corrected chi connectivity index (χ1v) is 3.87. The predicted octanol–water partition coefficient (Wildman–Crippen LogP) is -0.171. The highest BCUT2D eigenvalue weighted by molar-refractivity contribution is 5.23. The molecule has 0 spiro atoms. The third-order valence-corrected chi connectivity index (χ3v) is 2.60. The van der Waals surface area contributed by atoms with Crippen LogP contribution in [0.1, 0.15) is 12.8 Å². The molecule has 0 radical (unpaired) electrons. The van der Waals surface area contributed by atoms with E-state index in [4.69, 9.17) is 14.9 Å². The molecule has 2 aliphatic heterocycles. The minimum Gasteiger partial charge on any atom is -0.393 e. The van der Waals surface area contributed by atoms with Crippen molar-refractivity contribution >= 4 is 0 Å². The molecular formula is C8H12O3. The number of fused-ring (bicyclic) bond motifs is 2. The SMILES string of the molecule is OCC12C=CC(CO)(CC1)O2. The van der Waals surface area contributed by atoms with Gasteiger partial charge in [-0.25, -0.2) is 0 Å². The largest absolute Gasteiger partial charge is 0.393 e. The average molecular weight is 156 g/mol. The molecule has 1 fully saturated rings. The Morgan fingerprint density at radius 3 is 1.73 bits per heavy atom. The van der Waals surface area contributed by atoms with Crippen LogP contribution in [0.2, 0.25) is 0 Å². The van der Waals surface area contributed by atoms with Crippen LogP contribution in [0.15, 0.2) is 12.2 Å². The molecule has 1 saturated heterocycles. The van der Waals surface area contributed by atoms with Crippen LogP contribution in [0.5, 0.6) is 0 Å². The van der Waals surface area contributed by atoms with E-state index in [0.717, 1.165) is 12.8 Å². The van der Waals surface area contributed by atoms with Gasteiger partial charge in [-0.3, -0.25) is 0 Å². The maximum Gasteiger partial charge on any atom is 0.111 e. The molecule has 0 aromatic carbocycles. The van der Waals surface area contributed by atoms with Crippen LogP contribution < -0.4 is 0 Å². The first-order valence-electron chi connectivity index (χ1n) is 3.87. The van der Waals surface area contributed by atoms with Gasteiger partial charge in [0.1, 0.15) is 11.2 Å². The van der Waals surface area contributed by atoms with Crippen LogP contribution in [0, 0.1) is 0 Å². The summed E-state index contributed by atoms with van der Waals surface area (Å²) in [5, 5.41) is 18.0. The van der Waals surface area contributed by atoms with E-state index in [9.17, 15) is 0 Å². The summed E-state index contributed by atoms with van der Waals surface area (Å²) in [6.45, 7) is 0.0382. The van der Waals surface area contributed by atoms with Crippen LogP contribution in [-0.4, -0.2) is 34.6 Å². The van der Waals surface area contributed by atoms with Crippen molar-refractivity contribution in [2.75, 3.05) is 13.2 Å². The van der Waals surface area contributed by atoms with Gasteiger partial charge in [-0.05, 0) is 12.8 Å². The highest BCUT2D eigenvalue weighted by atomic mass is 16.6. The molecular weight excluding hydrogens is 144 g/mol. The fraction of sp³-hybridized carbons (Fsp3) is 0.750. The Bertz CT molecular complexity index is 182. The van der Waals surface area contributed by atoms with E-state index in [1.54, 1.807) is 0 Å². The first-order chi connectivity index (χ1) is 5.24. The van der Waals surface area contributed by atoms with Gasteiger partial charge in [0, 0.05) is 0 Å². The molecule has 0 aromatic heterocycles. The lowest BCUT2D eigenvalue weighted by Gasteiger charge is -2.21. The van der Waals surface area contributed by atoms with E-state index in [-0.39, 0.29) is 13.2 Å². The molecule has 3 heteroatoms. The lowest BCUT2D eigenvalue weighted by atomic mass is 9.90. The summed E-state index contributed by atoms with van der Waals surface area (Å²) in [4.78, 5) is 0. The van der Waals surface area contributed by atoms with Gasteiger partial charge >= 0.3 is 0 Å². The van der Waals surface area contributed by atoms with Gasteiger partial charge in [-0.15, -0.1) is 0 Å². The van der Waals surface area contributed by atoms with Crippen LogP contribution in [-0.2, 0) is 4.74 Å². The molecule has 0 saturated carbocycles. The van der Waals surface area contributed by atoms with E-state index in [2.05, 4.69) is 0 Å². The number of aliphatic hydroxyl groups excluding tert-OH is 2. The summed E-state index contributed by atoms with van der Waals surface area (Å²) in [5.41, 5.74) is -0.939. The second-order valence-corrected chi connectivity index (χ2v) is 3.38. The Morgan fingerprint density at radius 2 is 1.55 bits per heavy atom. The minimum absolute atomic E-state index is 0.0191. The van der Waals surface area contributed by atoms with E-state index in [1.807, 2.05) is 12.2 Å². The second-order valence-electron chi connectivity index (χ2n) is 3.38. The zero-order chi connectivity index (χ0) is 7.95. The van der Waals surface area contributed by atoms with Gasteiger partial charge in [-0.1, -0.05) is 12.2 Å². The van der Waals surface area contributed by atoms with Crippen molar-refractivity contribution in [1.82, 2.24) is 0 Å². The smallest absolute Gasteiger partial charge is 0.111 e. The van der Waals surface area contributed by atoms with E-state index in [0.29, 0.717) is 0 Å². The normalized spacial score (nSPS) is 47.1. The maximum absolute atomic E-state index is 9.00. The number of ether oxygens (including phenoxy) is 1. The molecule has 2 bridgehead atoms. The van der Waals surface area contributed by atoms with E-state index in [1.165, 1.54) is 0 Å². The number of hydrogen-bond acceptors (Lipinski definition) is 3. The summed E-state index contributed by atoms with van der Waals surface area (Å²) in [5.74, 6) is 0. The quantitative estimate of drug-likeness (QED) is 0.546. The van der Waals surface area contributed by atoms with Crippen molar-refractivity contribution in [2.45, 2.75) is 24.0 Å². The summed E-state index contributed by atoms with van der Waals surface area (Å²) in [6.07, 6.45) is 5.38. The van der Waals surface area contributed by atoms with Gasteiger partial charge in [-0.2, -0.15) is 0 Å². The van der Waals surface area contributed by atoms with Crippen molar-refractivity contribution in [3.8, 4) is 0 Å². The highest BCUT2D eigenvalue weighted by Gasteiger charge is 2.50. The Hall–Kier alpha value is -0.380. The van der Waals surface area contributed by atoms with Crippen LogP contribution >= 0.6 is 0 Å². The molecule has 0 aromatic rings. The van der Waals surface area contributed by atoms with Gasteiger partial charge < -0.3 is 14.9 Å². The lowest BCUT2D eigenvalue weighted by molar-refractivity contribution is -0.0781. The zero-order valence-corrected chi connectivity index (χ0v) is 6.29. The average Bonchev–Trinajstić information content (AvgIpc) is 2.61.